The fraction of sp³-hybridized carbons (Fsp3) is 0.526. The van der Waals surface area contributed by atoms with Crippen molar-refractivity contribution in [2.75, 3.05) is 26.2 Å². The maximum atomic E-state index is 13.0. The molecule has 0 aliphatic carbocycles. The maximum absolute atomic E-state index is 13.0. The van der Waals surface area contributed by atoms with Crippen LogP contribution in [-0.2, 0) is 0 Å². The Kier molecular flexibility index (Phi) is 4.42. The molecule has 4 heterocycles. The third kappa shape index (κ3) is 3.01. The lowest BCUT2D eigenvalue weighted by molar-refractivity contribution is 0.0748. The lowest BCUT2D eigenvalue weighted by Gasteiger charge is -2.19. The summed E-state index contributed by atoms with van der Waals surface area (Å²) in [7, 11) is 0. The molecule has 0 spiro atoms. The Balaban J connectivity index is 1.71. The lowest BCUT2D eigenvalue weighted by Crippen LogP contribution is -2.33. The van der Waals surface area contributed by atoms with E-state index in [1.807, 2.05) is 34.2 Å². The van der Waals surface area contributed by atoms with Crippen LogP contribution in [0, 0.1) is 0 Å². The molecule has 2 aromatic heterocycles. The highest BCUT2D eigenvalue weighted by molar-refractivity contribution is 6.02. The highest BCUT2D eigenvalue weighted by Crippen LogP contribution is 2.20. The third-order valence-electron chi connectivity index (χ3n) is 5.23. The van der Waals surface area contributed by atoms with Gasteiger partial charge in [0, 0.05) is 32.4 Å². The zero-order valence-corrected chi connectivity index (χ0v) is 14.5. The summed E-state index contributed by atoms with van der Waals surface area (Å²) in [6, 6.07) is 5.63. The molecule has 2 aromatic rings. The molecule has 132 valence electrons. The summed E-state index contributed by atoms with van der Waals surface area (Å²) in [6.45, 7) is 3.10. The highest BCUT2D eigenvalue weighted by Gasteiger charge is 2.28. The van der Waals surface area contributed by atoms with Crippen molar-refractivity contribution in [3.05, 3.63) is 35.9 Å². The summed E-state index contributed by atoms with van der Waals surface area (Å²) in [6.07, 6.45) is 8.32. The first-order chi connectivity index (χ1) is 12.3. The molecule has 0 bridgehead atoms. The smallest absolute Gasteiger partial charge is 0.290 e. The number of imidazole rings is 1. The Hall–Kier alpha value is -2.37. The summed E-state index contributed by atoms with van der Waals surface area (Å²) in [5.74, 6) is 0.236. The number of nitrogens with zero attached hydrogens (tertiary/aromatic N) is 4. The van der Waals surface area contributed by atoms with Crippen molar-refractivity contribution < 1.29 is 9.59 Å². The molecule has 2 amide bonds. The minimum absolute atomic E-state index is 0.0592. The van der Waals surface area contributed by atoms with E-state index in [1.165, 1.54) is 12.8 Å². The van der Waals surface area contributed by atoms with E-state index in [1.54, 1.807) is 4.40 Å². The zero-order chi connectivity index (χ0) is 17.2. The van der Waals surface area contributed by atoms with Crippen molar-refractivity contribution in [1.82, 2.24) is 19.2 Å². The SMILES string of the molecule is O=C(c1nc(C(=O)N2CCCCCC2)n2ccccc12)N1CCCC1. The van der Waals surface area contributed by atoms with Gasteiger partial charge in [0.1, 0.15) is 0 Å². The number of rotatable bonds is 2. The van der Waals surface area contributed by atoms with Crippen molar-refractivity contribution in [2.24, 2.45) is 0 Å². The zero-order valence-electron chi connectivity index (χ0n) is 14.5. The molecular weight excluding hydrogens is 316 g/mol. The van der Waals surface area contributed by atoms with Gasteiger partial charge in [-0.05, 0) is 37.8 Å². The van der Waals surface area contributed by atoms with Gasteiger partial charge in [-0.2, -0.15) is 0 Å². The molecule has 6 nitrogen and oxygen atoms in total. The van der Waals surface area contributed by atoms with Gasteiger partial charge in [0.2, 0.25) is 5.82 Å². The van der Waals surface area contributed by atoms with E-state index in [0.717, 1.165) is 57.4 Å². The van der Waals surface area contributed by atoms with Gasteiger partial charge < -0.3 is 9.80 Å². The minimum Gasteiger partial charge on any atom is -0.337 e. The molecule has 4 rings (SSSR count). The summed E-state index contributed by atoms with van der Waals surface area (Å²) in [5, 5.41) is 0. The van der Waals surface area contributed by atoms with E-state index in [9.17, 15) is 9.59 Å². The number of hydrogen-bond acceptors (Lipinski definition) is 3. The molecule has 0 aromatic carbocycles. The van der Waals surface area contributed by atoms with Crippen molar-refractivity contribution in [3.8, 4) is 0 Å². The monoisotopic (exact) mass is 340 g/mol. The van der Waals surface area contributed by atoms with Gasteiger partial charge in [0.15, 0.2) is 5.69 Å². The number of likely N-dealkylation sites (tertiary alicyclic amines) is 2. The first kappa shape index (κ1) is 16.1. The fourth-order valence-corrected chi connectivity index (χ4v) is 3.83. The fourth-order valence-electron chi connectivity index (χ4n) is 3.83. The molecule has 2 aliphatic rings. The number of carbonyl (C=O) groups excluding carboxylic acids is 2. The molecule has 6 heteroatoms. The van der Waals surface area contributed by atoms with Crippen LogP contribution in [-0.4, -0.2) is 57.2 Å². The lowest BCUT2D eigenvalue weighted by atomic mass is 10.2. The number of hydrogen-bond donors (Lipinski definition) is 0. The van der Waals surface area contributed by atoms with Gasteiger partial charge in [-0.15, -0.1) is 0 Å². The van der Waals surface area contributed by atoms with E-state index in [4.69, 9.17) is 0 Å². The number of amides is 2. The molecule has 2 aliphatic heterocycles. The van der Waals surface area contributed by atoms with Crippen LogP contribution < -0.4 is 0 Å². The number of fused-ring (bicyclic) bond motifs is 1. The Morgan fingerprint density at radius 2 is 1.40 bits per heavy atom. The molecule has 0 N–H and O–H groups in total. The van der Waals surface area contributed by atoms with Crippen LogP contribution in [0.3, 0.4) is 0 Å². The van der Waals surface area contributed by atoms with Crippen LogP contribution in [0.1, 0.15) is 59.6 Å². The quantitative estimate of drug-likeness (QED) is 0.844. The molecule has 25 heavy (non-hydrogen) atoms. The van der Waals surface area contributed by atoms with Crippen molar-refractivity contribution in [2.45, 2.75) is 38.5 Å². The Morgan fingerprint density at radius 1 is 0.800 bits per heavy atom. The van der Waals surface area contributed by atoms with Gasteiger partial charge in [0.05, 0.1) is 5.52 Å². The first-order valence-corrected chi connectivity index (χ1v) is 9.31. The predicted octanol–water partition coefficient (Wildman–Crippen LogP) is 2.59. The van der Waals surface area contributed by atoms with Gasteiger partial charge >= 0.3 is 0 Å². The second kappa shape index (κ2) is 6.86. The molecule has 2 saturated heterocycles. The predicted molar refractivity (Wildman–Crippen MR) is 94.7 cm³/mol. The van der Waals surface area contributed by atoms with Crippen molar-refractivity contribution in [3.63, 3.8) is 0 Å². The molecule has 2 fully saturated rings. The maximum Gasteiger partial charge on any atom is 0.290 e. The van der Waals surface area contributed by atoms with Crippen LogP contribution in [0.4, 0.5) is 0 Å². The second-order valence-corrected chi connectivity index (χ2v) is 6.95. The van der Waals surface area contributed by atoms with Crippen LogP contribution in [0.5, 0.6) is 0 Å². The first-order valence-electron chi connectivity index (χ1n) is 9.31. The molecule has 0 saturated carbocycles. The largest absolute Gasteiger partial charge is 0.337 e. The normalized spacial score (nSPS) is 18.6. The Morgan fingerprint density at radius 3 is 2.08 bits per heavy atom. The second-order valence-electron chi connectivity index (χ2n) is 6.95. The van der Waals surface area contributed by atoms with Crippen molar-refractivity contribution >= 4 is 17.3 Å². The van der Waals surface area contributed by atoms with E-state index in [0.29, 0.717) is 11.5 Å². The van der Waals surface area contributed by atoms with Gasteiger partial charge in [-0.3, -0.25) is 14.0 Å². The third-order valence-corrected chi connectivity index (χ3v) is 5.23. The standard InChI is InChI=1S/C19H24N4O2/c24-18(21-12-7-8-13-21)16-15-9-3-6-14-23(15)17(20-16)19(25)22-10-4-1-2-5-11-22/h3,6,9,14H,1-2,4-5,7-8,10-13H2. The average Bonchev–Trinajstić information content (AvgIpc) is 3.22. The molecule has 0 radical (unpaired) electrons. The number of carbonyl (C=O) groups is 2. The van der Waals surface area contributed by atoms with Crippen LogP contribution in [0.2, 0.25) is 0 Å². The number of pyridine rings is 1. The van der Waals surface area contributed by atoms with Gasteiger partial charge in [0.25, 0.3) is 11.8 Å². The summed E-state index contributed by atoms with van der Waals surface area (Å²) < 4.78 is 1.77. The van der Waals surface area contributed by atoms with Gasteiger partial charge in [-0.1, -0.05) is 18.9 Å². The van der Waals surface area contributed by atoms with E-state index in [-0.39, 0.29) is 11.8 Å². The summed E-state index contributed by atoms with van der Waals surface area (Å²) >= 11 is 0. The topological polar surface area (TPSA) is 57.9 Å². The molecular formula is C19H24N4O2. The van der Waals surface area contributed by atoms with Crippen LogP contribution in [0.25, 0.3) is 5.52 Å². The molecule has 0 atom stereocenters. The minimum atomic E-state index is -0.0661. The Labute approximate surface area is 147 Å². The van der Waals surface area contributed by atoms with E-state index in [2.05, 4.69) is 4.98 Å². The summed E-state index contributed by atoms with van der Waals surface area (Å²) in [5.41, 5.74) is 1.12. The van der Waals surface area contributed by atoms with Crippen LogP contribution in [0.15, 0.2) is 24.4 Å². The summed E-state index contributed by atoms with van der Waals surface area (Å²) in [4.78, 5) is 34.1. The number of aromatic nitrogens is 2. The van der Waals surface area contributed by atoms with Crippen molar-refractivity contribution in [1.29, 1.82) is 0 Å². The van der Waals surface area contributed by atoms with E-state index < -0.39 is 0 Å². The highest BCUT2D eigenvalue weighted by atomic mass is 16.2. The molecule has 0 unspecified atom stereocenters. The van der Waals surface area contributed by atoms with Crippen LogP contribution >= 0.6 is 0 Å². The Bertz CT molecular complexity index is 784. The van der Waals surface area contributed by atoms with E-state index >= 15 is 0 Å². The van der Waals surface area contributed by atoms with Gasteiger partial charge in [-0.25, -0.2) is 4.98 Å². The average molecular weight is 340 g/mol.